The molecule has 0 unspecified atom stereocenters. The fourth-order valence-corrected chi connectivity index (χ4v) is 2.79. The summed E-state index contributed by atoms with van der Waals surface area (Å²) in [4.78, 5) is 0. The molecule has 4 N–H and O–H groups in total. The van der Waals surface area contributed by atoms with Crippen molar-refractivity contribution in [3.8, 4) is 5.75 Å². The number of rotatable bonds is 4. The number of aliphatic hydroxyl groups excluding tert-OH is 1. The number of aromatic hydroxyl groups is 1. The molecule has 112 valence electrons. The van der Waals surface area contributed by atoms with Crippen molar-refractivity contribution < 1.29 is 10.2 Å². The van der Waals surface area contributed by atoms with Gasteiger partial charge in [0.2, 0.25) is 0 Å². The van der Waals surface area contributed by atoms with Gasteiger partial charge in [-0.15, -0.1) is 0 Å². The molecule has 0 amide bonds. The van der Waals surface area contributed by atoms with E-state index in [1.807, 2.05) is 54.6 Å². The summed E-state index contributed by atoms with van der Waals surface area (Å²) in [5.74, 6) is 0.226. The van der Waals surface area contributed by atoms with Crippen LogP contribution in [0.1, 0.15) is 17.2 Å². The van der Waals surface area contributed by atoms with Crippen LogP contribution in [0, 0.1) is 0 Å². The monoisotopic (exact) mass is 293 g/mol. The summed E-state index contributed by atoms with van der Waals surface area (Å²) in [7, 11) is 0. The minimum atomic E-state index is -0.685. The fourth-order valence-electron chi connectivity index (χ4n) is 2.79. The van der Waals surface area contributed by atoms with E-state index in [1.54, 1.807) is 12.1 Å². The quantitative estimate of drug-likeness (QED) is 0.692. The second-order valence-corrected chi connectivity index (χ2v) is 5.50. The molecule has 0 bridgehead atoms. The van der Waals surface area contributed by atoms with Crippen molar-refractivity contribution in [2.45, 2.75) is 18.6 Å². The Hall–Kier alpha value is -2.36. The lowest BCUT2D eigenvalue weighted by Gasteiger charge is -2.21. The third-order valence-electron chi connectivity index (χ3n) is 4.00. The number of aliphatic hydroxyl groups is 1. The third-order valence-corrected chi connectivity index (χ3v) is 4.00. The molecule has 3 rings (SSSR count). The first-order valence-corrected chi connectivity index (χ1v) is 7.35. The summed E-state index contributed by atoms with van der Waals surface area (Å²) in [5, 5.41) is 22.0. The molecule has 22 heavy (non-hydrogen) atoms. The largest absolute Gasteiger partial charge is 0.507 e. The van der Waals surface area contributed by atoms with Crippen molar-refractivity contribution in [2.24, 2.45) is 5.73 Å². The van der Waals surface area contributed by atoms with Crippen molar-refractivity contribution in [3.63, 3.8) is 0 Å². The summed E-state index contributed by atoms with van der Waals surface area (Å²) in [6, 6.07) is 20.3. The average Bonchev–Trinajstić information content (AvgIpc) is 2.56. The molecule has 0 spiro atoms. The van der Waals surface area contributed by atoms with Crippen LogP contribution in [-0.4, -0.2) is 16.3 Å². The molecule has 3 aromatic rings. The fraction of sp³-hybridized carbons (Fsp3) is 0.158. The molecule has 0 aliphatic carbocycles. The van der Waals surface area contributed by atoms with Gasteiger partial charge in [0.1, 0.15) is 5.75 Å². The second-order valence-electron chi connectivity index (χ2n) is 5.50. The normalized spacial score (nSPS) is 13.9. The van der Waals surface area contributed by atoms with E-state index in [-0.39, 0.29) is 5.75 Å². The molecule has 3 aromatic carbocycles. The predicted molar refractivity (Wildman–Crippen MR) is 88.7 cm³/mol. The zero-order valence-corrected chi connectivity index (χ0v) is 12.2. The van der Waals surface area contributed by atoms with Gasteiger partial charge in [-0.2, -0.15) is 0 Å². The van der Waals surface area contributed by atoms with Crippen LogP contribution in [0.2, 0.25) is 0 Å². The molecule has 0 aliphatic heterocycles. The molecule has 0 aromatic heterocycles. The zero-order valence-electron chi connectivity index (χ0n) is 12.2. The number of hydrogen-bond acceptors (Lipinski definition) is 3. The first-order chi connectivity index (χ1) is 10.7. The van der Waals surface area contributed by atoms with Gasteiger partial charge in [-0.05, 0) is 22.6 Å². The van der Waals surface area contributed by atoms with Gasteiger partial charge < -0.3 is 15.9 Å². The Kier molecular flexibility index (Phi) is 4.09. The average molecular weight is 293 g/mol. The van der Waals surface area contributed by atoms with Crippen molar-refractivity contribution >= 4 is 10.8 Å². The highest BCUT2D eigenvalue weighted by Gasteiger charge is 2.20. The number of benzene rings is 3. The Morgan fingerprint density at radius 2 is 1.45 bits per heavy atom. The van der Waals surface area contributed by atoms with Crippen LogP contribution in [0.15, 0.2) is 66.7 Å². The highest BCUT2D eigenvalue weighted by Crippen LogP contribution is 2.31. The van der Waals surface area contributed by atoms with E-state index in [0.717, 1.165) is 21.9 Å². The number of nitrogens with two attached hydrogens (primary N) is 1. The van der Waals surface area contributed by atoms with Crippen LogP contribution < -0.4 is 5.73 Å². The lowest BCUT2D eigenvalue weighted by atomic mass is 9.92. The highest BCUT2D eigenvalue weighted by molar-refractivity contribution is 5.91. The molecule has 0 aliphatic rings. The maximum Gasteiger partial charge on any atom is 0.123 e. The Bertz CT molecular complexity index is 771. The Morgan fingerprint density at radius 3 is 2.18 bits per heavy atom. The minimum Gasteiger partial charge on any atom is -0.507 e. The highest BCUT2D eigenvalue weighted by atomic mass is 16.3. The number of phenols is 1. The standard InChI is InChI=1S/C19H19NO2/c20-19(18(22)12-13-6-2-1-3-7-13)16-10-11-17(21)15-9-5-4-8-14(15)16/h1-11,18-19,21-22H,12,20H2/t18-,19+/m1/s1. The van der Waals surface area contributed by atoms with Gasteiger partial charge >= 0.3 is 0 Å². The van der Waals surface area contributed by atoms with E-state index in [0.29, 0.717) is 6.42 Å². The molecule has 2 atom stereocenters. The molecule has 3 nitrogen and oxygen atoms in total. The van der Waals surface area contributed by atoms with Crippen molar-refractivity contribution in [1.82, 2.24) is 0 Å². The lowest BCUT2D eigenvalue weighted by molar-refractivity contribution is 0.145. The summed E-state index contributed by atoms with van der Waals surface area (Å²) < 4.78 is 0. The van der Waals surface area contributed by atoms with Crippen LogP contribution in [0.3, 0.4) is 0 Å². The van der Waals surface area contributed by atoms with Gasteiger partial charge in [-0.1, -0.05) is 60.7 Å². The smallest absolute Gasteiger partial charge is 0.123 e. The second kappa shape index (κ2) is 6.18. The van der Waals surface area contributed by atoms with Gasteiger partial charge in [0.05, 0.1) is 12.1 Å². The van der Waals surface area contributed by atoms with Crippen LogP contribution in [-0.2, 0) is 6.42 Å². The Balaban J connectivity index is 1.92. The lowest BCUT2D eigenvalue weighted by Crippen LogP contribution is -2.28. The van der Waals surface area contributed by atoms with E-state index in [9.17, 15) is 10.2 Å². The van der Waals surface area contributed by atoms with E-state index < -0.39 is 12.1 Å². The predicted octanol–water partition coefficient (Wildman–Crippen LogP) is 3.15. The number of phenolic OH excluding ortho intramolecular Hbond substituents is 1. The van der Waals surface area contributed by atoms with E-state index in [2.05, 4.69) is 0 Å². The zero-order chi connectivity index (χ0) is 15.5. The maximum absolute atomic E-state index is 10.5. The molecular weight excluding hydrogens is 274 g/mol. The number of fused-ring (bicyclic) bond motifs is 1. The summed E-state index contributed by atoms with van der Waals surface area (Å²) >= 11 is 0. The molecular formula is C19H19NO2. The molecule has 3 heteroatoms. The molecule has 0 heterocycles. The number of hydrogen-bond donors (Lipinski definition) is 3. The molecule has 0 fully saturated rings. The summed E-state index contributed by atoms with van der Waals surface area (Å²) in [6.07, 6.45) is -0.188. The van der Waals surface area contributed by atoms with Crippen molar-refractivity contribution in [1.29, 1.82) is 0 Å². The maximum atomic E-state index is 10.5. The first-order valence-electron chi connectivity index (χ1n) is 7.35. The van der Waals surface area contributed by atoms with Gasteiger partial charge in [0, 0.05) is 11.8 Å². The van der Waals surface area contributed by atoms with Crippen LogP contribution in [0.25, 0.3) is 10.8 Å². The Labute approximate surface area is 129 Å². The molecule has 0 radical (unpaired) electrons. The summed E-state index contributed by atoms with van der Waals surface area (Å²) in [6.45, 7) is 0. The Morgan fingerprint density at radius 1 is 0.818 bits per heavy atom. The third kappa shape index (κ3) is 2.82. The van der Waals surface area contributed by atoms with E-state index in [4.69, 9.17) is 5.73 Å². The van der Waals surface area contributed by atoms with Crippen LogP contribution >= 0.6 is 0 Å². The van der Waals surface area contributed by atoms with E-state index >= 15 is 0 Å². The van der Waals surface area contributed by atoms with Gasteiger partial charge in [-0.3, -0.25) is 0 Å². The van der Waals surface area contributed by atoms with Crippen molar-refractivity contribution in [3.05, 3.63) is 77.9 Å². The van der Waals surface area contributed by atoms with Crippen molar-refractivity contribution in [2.75, 3.05) is 0 Å². The summed E-state index contributed by atoms with van der Waals surface area (Å²) in [5.41, 5.74) is 8.16. The van der Waals surface area contributed by atoms with Gasteiger partial charge in [0.15, 0.2) is 0 Å². The SMILES string of the molecule is N[C@@H](c1ccc(O)c2ccccc12)[C@H](O)Cc1ccccc1. The first kappa shape index (κ1) is 14.6. The van der Waals surface area contributed by atoms with Crippen LogP contribution in [0.5, 0.6) is 5.75 Å². The van der Waals surface area contributed by atoms with Gasteiger partial charge in [-0.25, -0.2) is 0 Å². The topological polar surface area (TPSA) is 66.5 Å². The minimum absolute atomic E-state index is 0.226. The molecule has 0 saturated heterocycles. The van der Waals surface area contributed by atoms with Gasteiger partial charge in [0.25, 0.3) is 0 Å². The van der Waals surface area contributed by atoms with Crippen LogP contribution in [0.4, 0.5) is 0 Å². The van der Waals surface area contributed by atoms with E-state index in [1.165, 1.54) is 0 Å². The molecule has 0 saturated carbocycles.